The fourth-order valence-electron chi connectivity index (χ4n) is 4.98. The van der Waals surface area contributed by atoms with Crippen molar-refractivity contribution in [2.24, 2.45) is 5.92 Å². The van der Waals surface area contributed by atoms with Crippen LogP contribution in [0.15, 0.2) is 59.1 Å². The summed E-state index contributed by atoms with van der Waals surface area (Å²) in [6, 6.07) is 18.1. The number of para-hydroxylation sites is 1. The molecule has 1 atom stereocenters. The zero-order valence-corrected chi connectivity index (χ0v) is 20.9. The van der Waals surface area contributed by atoms with Crippen LogP contribution in [-0.2, 0) is 17.8 Å². The molecule has 36 heavy (non-hydrogen) atoms. The molecule has 2 N–H and O–H groups in total. The summed E-state index contributed by atoms with van der Waals surface area (Å²) in [5.74, 6) is 2.32. The third-order valence-corrected chi connectivity index (χ3v) is 7.17. The maximum absolute atomic E-state index is 13.1. The number of nitrogens with one attached hydrogen (secondary N) is 2. The Bertz CT molecular complexity index is 1150. The molecule has 190 valence electrons. The zero-order chi connectivity index (χ0) is 24.7. The molecule has 3 aromatic rings. The van der Waals surface area contributed by atoms with Gasteiger partial charge < -0.3 is 24.6 Å². The average molecular weight is 490 g/mol. The van der Waals surface area contributed by atoms with E-state index in [2.05, 4.69) is 46.1 Å². The molecule has 2 heterocycles. The van der Waals surface area contributed by atoms with E-state index in [0.717, 1.165) is 73.4 Å². The molecular weight excluding hydrogens is 454 g/mol. The molecule has 2 fully saturated rings. The van der Waals surface area contributed by atoms with Gasteiger partial charge in [-0.15, -0.1) is 0 Å². The molecular formula is C29H35N3O4. The van der Waals surface area contributed by atoms with Crippen molar-refractivity contribution < 1.29 is 18.8 Å². The van der Waals surface area contributed by atoms with Crippen LogP contribution in [0, 0.1) is 5.92 Å². The van der Waals surface area contributed by atoms with Crippen molar-refractivity contribution in [1.29, 1.82) is 0 Å². The van der Waals surface area contributed by atoms with E-state index in [1.165, 1.54) is 0 Å². The van der Waals surface area contributed by atoms with Crippen molar-refractivity contribution in [3.8, 4) is 5.75 Å². The first-order chi connectivity index (χ1) is 17.7. The van der Waals surface area contributed by atoms with Crippen LogP contribution in [0.2, 0.25) is 0 Å². The number of piperidine rings is 1. The summed E-state index contributed by atoms with van der Waals surface area (Å²) in [5.41, 5.74) is 3.71. The maximum Gasteiger partial charge on any atom is 0.273 e. The summed E-state index contributed by atoms with van der Waals surface area (Å²) in [6.45, 7) is 3.04. The van der Waals surface area contributed by atoms with Gasteiger partial charge in [0.15, 0.2) is 5.69 Å². The Balaban J connectivity index is 1.24. The molecule has 0 spiro atoms. The second kappa shape index (κ2) is 11.7. The first-order valence-corrected chi connectivity index (χ1v) is 13.0. The molecule has 2 aliphatic rings. The zero-order valence-electron chi connectivity index (χ0n) is 20.9. The molecule has 2 aromatic carbocycles. The van der Waals surface area contributed by atoms with Gasteiger partial charge in [-0.25, -0.2) is 0 Å². The molecule has 1 aromatic heterocycles. The summed E-state index contributed by atoms with van der Waals surface area (Å²) >= 11 is 0. The van der Waals surface area contributed by atoms with E-state index in [4.69, 9.17) is 14.0 Å². The highest BCUT2D eigenvalue weighted by Crippen LogP contribution is 2.40. The van der Waals surface area contributed by atoms with Crippen molar-refractivity contribution in [2.75, 3.05) is 26.8 Å². The van der Waals surface area contributed by atoms with Gasteiger partial charge in [0.2, 0.25) is 0 Å². The summed E-state index contributed by atoms with van der Waals surface area (Å²) in [7, 11) is 1.69. The minimum atomic E-state index is -0.173. The molecule has 0 bridgehead atoms. The van der Waals surface area contributed by atoms with Crippen molar-refractivity contribution in [2.45, 2.75) is 50.7 Å². The van der Waals surface area contributed by atoms with Gasteiger partial charge in [-0.05, 0) is 73.9 Å². The van der Waals surface area contributed by atoms with Crippen molar-refractivity contribution in [3.05, 3.63) is 82.7 Å². The van der Waals surface area contributed by atoms with Crippen LogP contribution >= 0.6 is 0 Å². The molecule has 1 amide bonds. The Morgan fingerprint density at radius 3 is 2.75 bits per heavy atom. The van der Waals surface area contributed by atoms with Gasteiger partial charge in [0.25, 0.3) is 5.91 Å². The maximum atomic E-state index is 13.1. The molecule has 5 rings (SSSR count). The van der Waals surface area contributed by atoms with Crippen LogP contribution in [0.5, 0.6) is 5.75 Å². The Kier molecular flexibility index (Phi) is 7.98. The van der Waals surface area contributed by atoms with E-state index in [1.54, 1.807) is 13.2 Å². The highest BCUT2D eigenvalue weighted by molar-refractivity contribution is 5.92. The van der Waals surface area contributed by atoms with E-state index in [-0.39, 0.29) is 11.9 Å². The van der Waals surface area contributed by atoms with E-state index in [9.17, 15) is 4.79 Å². The third kappa shape index (κ3) is 6.15. The number of benzene rings is 2. The van der Waals surface area contributed by atoms with E-state index >= 15 is 0 Å². The van der Waals surface area contributed by atoms with Crippen LogP contribution in [0.4, 0.5) is 0 Å². The van der Waals surface area contributed by atoms with Gasteiger partial charge >= 0.3 is 0 Å². The van der Waals surface area contributed by atoms with Gasteiger partial charge in [-0.2, -0.15) is 0 Å². The fourth-order valence-corrected chi connectivity index (χ4v) is 4.98. The van der Waals surface area contributed by atoms with E-state index < -0.39 is 0 Å². The predicted octanol–water partition coefficient (Wildman–Crippen LogP) is 4.79. The number of hydrogen-bond donors (Lipinski definition) is 2. The van der Waals surface area contributed by atoms with Crippen LogP contribution in [-0.4, -0.2) is 37.9 Å². The number of hydrogen-bond acceptors (Lipinski definition) is 6. The lowest BCUT2D eigenvalue weighted by Gasteiger charge is -2.31. The molecule has 1 aliphatic carbocycles. The summed E-state index contributed by atoms with van der Waals surface area (Å²) in [6.07, 6.45) is 5.04. The number of ether oxygens (including phenoxy) is 2. The van der Waals surface area contributed by atoms with E-state index in [0.29, 0.717) is 30.7 Å². The summed E-state index contributed by atoms with van der Waals surface area (Å²) in [4.78, 5) is 13.1. The highest BCUT2D eigenvalue weighted by atomic mass is 16.5. The van der Waals surface area contributed by atoms with Gasteiger partial charge in [-0.3, -0.25) is 4.79 Å². The third-order valence-electron chi connectivity index (χ3n) is 7.17. The minimum absolute atomic E-state index is 0.0887. The second-order valence-electron chi connectivity index (χ2n) is 9.79. The topological polar surface area (TPSA) is 85.6 Å². The largest absolute Gasteiger partial charge is 0.496 e. The molecule has 1 saturated carbocycles. The Morgan fingerprint density at radius 1 is 1.11 bits per heavy atom. The number of rotatable bonds is 11. The van der Waals surface area contributed by atoms with Gasteiger partial charge in [0, 0.05) is 12.0 Å². The highest BCUT2D eigenvalue weighted by Gasteiger charge is 2.31. The van der Waals surface area contributed by atoms with Crippen LogP contribution in [0.3, 0.4) is 0 Å². The molecule has 1 aliphatic heterocycles. The lowest BCUT2D eigenvalue weighted by molar-refractivity contribution is 0.0904. The first-order valence-electron chi connectivity index (χ1n) is 13.0. The Labute approximate surface area is 212 Å². The minimum Gasteiger partial charge on any atom is -0.496 e. The summed E-state index contributed by atoms with van der Waals surface area (Å²) in [5, 5.41) is 10.7. The van der Waals surface area contributed by atoms with Crippen molar-refractivity contribution in [3.63, 3.8) is 0 Å². The van der Waals surface area contributed by atoms with Crippen LogP contribution < -0.4 is 15.4 Å². The van der Waals surface area contributed by atoms with Crippen molar-refractivity contribution >= 4 is 5.91 Å². The standard InChI is InChI=1S/C29H35N3O4/c1-34-26-8-3-2-6-21(26)13-16-35-19-20-5-4-7-24(17-20)28(23-11-14-30-15-12-23)31-29(33)25-18-27(36-32-25)22-9-10-22/h2-8,17-18,22-23,28,30H,9-16,19H2,1H3,(H,31,33). The number of aromatic nitrogens is 1. The predicted molar refractivity (Wildman–Crippen MR) is 137 cm³/mol. The quantitative estimate of drug-likeness (QED) is 0.377. The van der Waals surface area contributed by atoms with Crippen LogP contribution in [0.25, 0.3) is 0 Å². The molecule has 7 nitrogen and oxygen atoms in total. The molecule has 7 heteroatoms. The van der Waals surface area contributed by atoms with Crippen molar-refractivity contribution in [1.82, 2.24) is 15.8 Å². The number of methoxy groups -OCH3 is 1. The molecule has 1 unspecified atom stereocenters. The van der Waals surface area contributed by atoms with E-state index in [1.807, 2.05) is 18.2 Å². The Morgan fingerprint density at radius 2 is 1.94 bits per heavy atom. The second-order valence-corrected chi connectivity index (χ2v) is 9.79. The number of nitrogens with zero attached hydrogens (tertiary/aromatic N) is 1. The lowest BCUT2D eigenvalue weighted by Crippen LogP contribution is -2.39. The summed E-state index contributed by atoms with van der Waals surface area (Å²) < 4.78 is 16.9. The number of carbonyl (C=O) groups excluding carboxylic acids is 1. The first kappa shape index (κ1) is 24.5. The molecule has 1 saturated heterocycles. The average Bonchev–Trinajstić information content (AvgIpc) is 3.66. The smallest absolute Gasteiger partial charge is 0.273 e. The lowest BCUT2D eigenvalue weighted by atomic mass is 9.85. The molecule has 0 radical (unpaired) electrons. The number of amides is 1. The normalized spacial score (nSPS) is 17.0. The fraction of sp³-hybridized carbons (Fsp3) is 0.448. The SMILES string of the molecule is COc1ccccc1CCOCc1cccc(C(NC(=O)c2cc(C3CC3)on2)C2CCNCC2)c1. The number of carbonyl (C=O) groups is 1. The monoisotopic (exact) mass is 489 g/mol. The van der Waals surface area contributed by atoms with Crippen LogP contribution in [0.1, 0.15) is 70.6 Å². The van der Waals surface area contributed by atoms with Gasteiger partial charge in [0.05, 0.1) is 26.4 Å². The van der Waals surface area contributed by atoms with Gasteiger partial charge in [-0.1, -0.05) is 47.6 Å². The Hall–Kier alpha value is -3.16. The van der Waals surface area contributed by atoms with Gasteiger partial charge in [0.1, 0.15) is 11.5 Å².